The average Bonchev–Trinajstić information content (AvgIpc) is 2.40. The summed E-state index contributed by atoms with van der Waals surface area (Å²) in [6, 6.07) is 2.47. The third-order valence-electron chi connectivity index (χ3n) is 3.56. The van der Waals surface area contributed by atoms with Gasteiger partial charge in [-0.1, -0.05) is 0 Å². The third-order valence-corrected chi connectivity index (χ3v) is 3.56. The Bertz CT molecular complexity index is 464. The number of carbonyl (C=O) groups is 1. The summed E-state index contributed by atoms with van der Waals surface area (Å²) in [7, 11) is 0. The molecule has 0 spiro atoms. The first kappa shape index (κ1) is 14.7. The quantitative estimate of drug-likeness (QED) is 0.669. The second kappa shape index (κ2) is 5.76. The van der Waals surface area contributed by atoms with Gasteiger partial charge in [0, 0.05) is 5.92 Å². The van der Waals surface area contributed by atoms with E-state index >= 15 is 0 Å². The van der Waals surface area contributed by atoms with Crippen LogP contribution < -0.4 is 5.32 Å². The summed E-state index contributed by atoms with van der Waals surface area (Å²) in [6.45, 7) is 0. The van der Waals surface area contributed by atoms with Gasteiger partial charge in [0.05, 0.1) is 17.8 Å². The fourth-order valence-corrected chi connectivity index (χ4v) is 2.38. The van der Waals surface area contributed by atoms with Gasteiger partial charge in [0.25, 0.3) is 0 Å². The van der Waals surface area contributed by atoms with Crippen molar-refractivity contribution >= 4 is 11.6 Å². The smallest absolute Gasteiger partial charge is 0.324 e. The molecule has 0 radical (unpaired) electrons. The summed E-state index contributed by atoms with van der Waals surface area (Å²) in [6.07, 6.45) is -2.63. The molecule has 0 atom stereocenters. The molecule has 1 aromatic heterocycles. The van der Waals surface area contributed by atoms with Crippen LogP contribution >= 0.6 is 0 Å². The first-order chi connectivity index (χ1) is 9.36. The van der Waals surface area contributed by atoms with Crippen LogP contribution in [0.5, 0.6) is 0 Å². The molecular weight excluding hydrogens is 276 g/mol. The molecule has 1 aliphatic rings. The fraction of sp³-hybridized carbons (Fsp3) is 0.538. The van der Waals surface area contributed by atoms with Gasteiger partial charge in [0.15, 0.2) is 0 Å². The Kier molecular flexibility index (Phi) is 4.25. The second-order valence-electron chi connectivity index (χ2n) is 4.95. The van der Waals surface area contributed by atoms with E-state index in [-0.39, 0.29) is 31.6 Å². The van der Waals surface area contributed by atoms with Gasteiger partial charge < -0.3 is 5.32 Å². The Balaban J connectivity index is 1.87. The predicted octanol–water partition coefficient (Wildman–Crippen LogP) is 3.53. The van der Waals surface area contributed by atoms with Crippen LogP contribution in [0.3, 0.4) is 0 Å². The summed E-state index contributed by atoms with van der Waals surface area (Å²) in [5.41, 5.74) is 0.342. The molecule has 1 heterocycles. The Labute approximate surface area is 113 Å². The van der Waals surface area contributed by atoms with E-state index in [4.69, 9.17) is 0 Å². The maximum atomic E-state index is 12.6. The van der Waals surface area contributed by atoms with Crippen molar-refractivity contribution < 1.29 is 22.4 Å². The molecule has 1 amide bonds. The molecule has 0 unspecified atom stereocenters. The number of anilines is 1. The van der Waals surface area contributed by atoms with Crippen LogP contribution in [0.25, 0.3) is 0 Å². The van der Waals surface area contributed by atoms with Crippen molar-refractivity contribution in [1.82, 2.24) is 4.98 Å². The summed E-state index contributed by atoms with van der Waals surface area (Å²) in [4.78, 5) is 15.3. The number of hydrogen-bond acceptors (Lipinski definition) is 2. The molecule has 1 saturated carbocycles. The second-order valence-corrected chi connectivity index (χ2v) is 4.95. The largest absolute Gasteiger partial charge is 0.391 e. The van der Waals surface area contributed by atoms with Crippen molar-refractivity contribution in [3.63, 3.8) is 0 Å². The highest BCUT2D eigenvalue weighted by Gasteiger charge is 2.42. The maximum Gasteiger partial charge on any atom is 0.391 e. The Hall–Kier alpha value is -1.66. The van der Waals surface area contributed by atoms with Gasteiger partial charge >= 0.3 is 6.18 Å². The van der Waals surface area contributed by atoms with Gasteiger partial charge in [-0.2, -0.15) is 17.6 Å². The van der Waals surface area contributed by atoms with Gasteiger partial charge in [0.1, 0.15) is 0 Å². The van der Waals surface area contributed by atoms with Crippen molar-refractivity contribution in [3.05, 3.63) is 24.3 Å². The number of aromatic nitrogens is 1. The van der Waals surface area contributed by atoms with Crippen molar-refractivity contribution in [2.24, 2.45) is 11.8 Å². The lowest BCUT2D eigenvalue weighted by Gasteiger charge is -2.29. The topological polar surface area (TPSA) is 42.0 Å². The summed E-state index contributed by atoms with van der Waals surface area (Å²) in [5, 5.41) is 2.54. The van der Waals surface area contributed by atoms with E-state index in [1.165, 1.54) is 12.3 Å². The summed E-state index contributed by atoms with van der Waals surface area (Å²) < 4.78 is 50.1. The summed E-state index contributed by atoms with van der Waals surface area (Å²) in [5.74, 6) is -2.73. The molecule has 1 aromatic rings. The zero-order chi connectivity index (χ0) is 14.8. The lowest BCUT2D eigenvalue weighted by atomic mass is 9.81. The van der Waals surface area contributed by atoms with Crippen LogP contribution in [0.4, 0.5) is 23.2 Å². The van der Waals surface area contributed by atoms with Crippen LogP contribution in [0.1, 0.15) is 25.7 Å². The van der Waals surface area contributed by atoms with Crippen molar-refractivity contribution in [2.75, 3.05) is 5.32 Å². The average molecular weight is 290 g/mol. The number of alkyl halides is 3. The monoisotopic (exact) mass is 290 g/mol. The first-order valence-electron chi connectivity index (χ1n) is 6.35. The molecular formula is C13H14F4N2O. The number of amides is 1. The number of hydrogen-bond donors (Lipinski definition) is 1. The highest BCUT2D eigenvalue weighted by atomic mass is 19.4. The van der Waals surface area contributed by atoms with Crippen LogP contribution in [0.2, 0.25) is 0 Å². The van der Waals surface area contributed by atoms with Crippen molar-refractivity contribution in [3.8, 4) is 0 Å². The van der Waals surface area contributed by atoms with Gasteiger partial charge in [-0.15, -0.1) is 0 Å². The van der Waals surface area contributed by atoms with Crippen molar-refractivity contribution in [2.45, 2.75) is 31.9 Å². The minimum absolute atomic E-state index is 0.0245. The van der Waals surface area contributed by atoms with E-state index in [2.05, 4.69) is 10.3 Å². The molecule has 1 N–H and O–H groups in total. The molecule has 0 aliphatic heterocycles. The zero-order valence-electron chi connectivity index (χ0n) is 10.6. The molecule has 1 fully saturated rings. The zero-order valence-corrected chi connectivity index (χ0v) is 10.6. The number of carbonyl (C=O) groups excluding carboxylic acids is 1. The van der Waals surface area contributed by atoms with E-state index in [0.717, 1.165) is 6.07 Å². The first-order valence-corrected chi connectivity index (χ1v) is 6.35. The Morgan fingerprint density at radius 1 is 1.20 bits per heavy atom. The number of pyridine rings is 1. The Morgan fingerprint density at radius 3 is 2.35 bits per heavy atom. The van der Waals surface area contributed by atoms with Gasteiger partial charge in [0.2, 0.25) is 11.9 Å². The number of nitrogens with zero attached hydrogens (tertiary/aromatic N) is 1. The van der Waals surface area contributed by atoms with E-state index in [1.807, 2.05) is 0 Å². The van der Waals surface area contributed by atoms with Crippen LogP contribution in [0.15, 0.2) is 18.3 Å². The molecule has 7 heteroatoms. The van der Waals surface area contributed by atoms with Gasteiger partial charge in [-0.05, 0) is 37.8 Å². The maximum absolute atomic E-state index is 12.6. The highest BCUT2D eigenvalue weighted by molar-refractivity contribution is 5.92. The van der Waals surface area contributed by atoms with Crippen LogP contribution in [0, 0.1) is 17.8 Å². The van der Waals surface area contributed by atoms with Crippen LogP contribution in [-0.4, -0.2) is 17.1 Å². The van der Waals surface area contributed by atoms with E-state index < -0.39 is 24.0 Å². The molecule has 0 bridgehead atoms. The minimum atomic E-state index is -4.18. The van der Waals surface area contributed by atoms with Crippen molar-refractivity contribution in [1.29, 1.82) is 0 Å². The highest BCUT2D eigenvalue weighted by Crippen LogP contribution is 2.39. The lowest BCUT2D eigenvalue weighted by Crippen LogP contribution is -2.32. The lowest BCUT2D eigenvalue weighted by molar-refractivity contribution is -0.184. The third kappa shape index (κ3) is 3.68. The molecule has 110 valence electrons. The molecule has 1 aliphatic carbocycles. The van der Waals surface area contributed by atoms with E-state index in [9.17, 15) is 22.4 Å². The molecule has 0 saturated heterocycles. The molecule has 2 rings (SSSR count). The minimum Gasteiger partial charge on any atom is -0.324 e. The number of rotatable bonds is 2. The SMILES string of the molecule is O=C(Nc1ccc(F)nc1)C1CCC(C(F)(F)F)CC1. The standard InChI is InChI=1S/C13H14F4N2O/c14-11-6-5-10(7-18-11)19-12(20)8-1-3-9(4-2-8)13(15,16)17/h5-9H,1-4H2,(H,19,20). The molecule has 3 nitrogen and oxygen atoms in total. The van der Waals surface area contributed by atoms with Gasteiger partial charge in [-0.25, -0.2) is 4.98 Å². The normalized spacial score (nSPS) is 23.4. The predicted molar refractivity (Wildman–Crippen MR) is 64.3 cm³/mol. The Morgan fingerprint density at radius 2 is 1.85 bits per heavy atom. The van der Waals surface area contributed by atoms with Crippen LogP contribution in [-0.2, 0) is 4.79 Å². The summed E-state index contributed by atoms with van der Waals surface area (Å²) >= 11 is 0. The van der Waals surface area contributed by atoms with Gasteiger partial charge in [-0.3, -0.25) is 4.79 Å². The fourth-order valence-electron chi connectivity index (χ4n) is 2.38. The number of halogens is 4. The molecule has 20 heavy (non-hydrogen) atoms. The number of nitrogens with one attached hydrogen (secondary N) is 1. The molecule has 0 aromatic carbocycles. The van der Waals surface area contributed by atoms with E-state index in [1.54, 1.807) is 0 Å². The van der Waals surface area contributed by atoms with E-state index in [0.29, 0.717) is 5.69 Å².